The number of aliphatic hydroxyl groups is 1. The summed E-state index contributed by atoms with van der Waals surface area (Å²) in [4.78, 5) is 30.1. The molecule has 1 unspecified atom stereocenters. The van der Waals surface area contributed by atoms with Gasteiger partial charge in [-0.05, 0) is 67.4 Å². The molecular formula is C28H27ClN2O4. The van der Waals surface area contributed by atoms with Gasteiger partial charge in [-0.25, -0.2) is 0 Å². The Hall–Kier alpha value is -3.77. The van der Waals surface area contributed by atoms with Gasteiger partial charge in [0.2, 0.25) is 0 Å². The van der Waals surface area contributed by atoms with Crippen LogP contribution in [0.4, 0.5) is 11.4 Å². The number of Topliss-reactive ketones (excluding diaryl/α,β-unsaturated/α-hetero) is 1. The SMILES string of the molecule is CCOc1ccc(Cl)c(/C(O)=C2\C(=O)C(=O)N(c3cccc(C)c3)C2c2ccc(N(C)C)cc2)c1. The van der Waals surface area contributed by atoms with Crippen molar-refractivity contribution in [1.29, 1.82) is 0 Å². The van der Waals surface area contributed by atoms with E-state index in [9.17, 15) is 14.7 Å². The first-order valence-electron chi connectivity index (χ1n) is 11.3. The zero-order valence-electron chi connectivity index (χ0n) is 20.1. The monoisotopic (exact) mass is 490 g/mol. The Morgan fingerprint density at radius 2 is 1.77 bits per heavy atom. The Kier molecular flexibility index (Phi) is 6.85. The predicted molar refractivity (Wildman–Crippen MR) is 139 cm³/mol. The molecular weight excluding hydrogens is 464 g/mol. The van der Waals surface area contributed by atoms with Gasteiger partial charge >= 0.3 is 0 Å². The first kappa shape index (κ1) is 24.4. The largest absolute Gasteiger partial charge is 0.507 e. The summed E-state index contributed by atoms with van der Waals surface area (Å²) >= 11 is 6.41. The Labute approximate surface area is 210 Å². The van der Waals surface area contributed by atoms with Crippen molar-refractivity contribution >= 4 is 40.4 Å². The summed E-state index contributed by atoms with van der Waals surface area (Å²) in [6.45, 7) is 4.19. The van der Waals surface area contributed by atoms with Crippen molar-refractivity contribution in [3.8, 4) is 5.75 Å². The molecule has 0 saturated carbocycles. The van der Waals surface area contributed by atoms with Crippen LogP contribution in [0.1, 0.15) is 29.7 Å². The molecule has 1 atom stereocenters. The molecule has 3 aromatic rings. The number of ether oxygens (including phenoxy) is 1. The zero-order valence-corrected chi connectivity index (χ0v) is 20.8. The van der Waals surface area contributed by atoms with Gasteiger partial charge in [-0.1, -0.05) is 35.9 Å². The minimum Gasteiger partial charge on any atom is -0.507 e. The van der Waals surface area contributed by atoms with Gasteiger partial charge in [-0.3, -0.25) is 14.5 Å². The van der Waals surface area contributed by atoms with E-state index in [0.29, 0.717) is 23.6 Å². The van der Waals surface area contributed by atoms with Crippen LogP contribution in [0.3, 0.4) is 0 Å². The molecule has 0 bridgehead atoms. The summed E-state index contributed by atoms with van der Waals surface area (Å²) in [6.07, 6.45) is 0. The first-order chi connectivity index (χ1) is 16.7. The van der Waals surface area contributed by atoms with Crippen LogP contribution in [-0.4, -0.2) is 37.5 Å². The van der Waals surface area contributed by atoms with E-state index in [1.807, 2.05) is 75.3 Å². The number of aliphatic hydroxyl groups excluding tert-OH is 1. The molecule has 1 saturated heterocycles. The maximum atomic E-state index is 13.4. The van der Waals surface area contributed by atoms with Crippen LogP contribution in [0.2, 0.25) is 5.02 Å². The lowest BCUT2D eigenvalue weighted by Gasteiger charge is -2.26. The lowest BCUT2D eigenvalue weighted by Crippen LogP contribution is -2.29. The van der Waals surface area contributed by atoms with Crippen LogP contribution in [0.5, 0.6) is 5.75 Å². The molecule has 7 heteroatoms. The van der Waals surface area contributed by atoms with Crippen molar-refractivity contribution in [1.82, 2.24) is 0 Å². The third kappa shape index (κ3) is 4.62. The highest BCUT2D eigenvalue weighted by atomic mass is 35.5. The summed E-state index contributed by atoms with van der Waals surface area (Å²) in [5, 5.41) is 11.7. The van der Waals surface area contributed by atoms with Gasteiger partial charge in [0.05, 0.1) is 23.2 Å². The van der Waals surface area contributed by atoms with Crippen LogP contribution < -0.4 is 14.5 Å². The highest BCUT2D eigenvalue weighted by Crippen LogP contribution is 2.43. The lowest BCUT2D eigenvalue weighted by atomic mass is 9.94. The quantitative estimate of drug-likeness (QED) is 0.271. The minimum atomic E-state index is -0.833. The number of ketones is 1. The van der Waals surface area contributed by atoms with Crippen LogP contribution in [-0.2, 0) is 9.59 Å². The Balaban J connectivity index is 1.95. The Morgan fingerprint density at radius 3 is 2.40 bits per heavy atom. The number of carbonyl (C=O) groups is 2. The predicted octanol–water partition coefficient (Wildman–Crippen LogP) is 5.74. The minimum absolute atomic E-state index is 0.0235. The fraction of sp³-hybridized carbons (Fsp3) is 0.214. The van der Waals surface area contributed by atoms with Crippen molar-refractivity contribution in [3.05, 3.63) is 94.0 Å². The van der Waals surface area contributed by atoms with Crippen LogP contribution >= 0.6 is 11.6 Å². The van der Waals surface area contributed by atoms with Gasteiger partial charge in [-0.15, -0.1) is 0 Å². The molecule has 0 aromatic heterocycles. The molecule has 0 spiro atoms. The van der Waals surface area contributed by atoms with Gasteiger partial charge in [0.15, 0.2) is 0 Å². The average Bonchev–Trinajstić information content (AvgIpc) is 3.10. The standard InChI is InChI=1S/C28H27ClN2O4/c1-5-35-21-13-14-23(29)22(16-21)26(32)24-25(18-9-11-19(12-10-18)30(3)4)31(28(34)27(24)33)20-8-6-7-17(2)15-20/h6-16,25,32H,5H2,1-4H3/b26-24+. The summed E-state index contributed by atoms with van der Waals surface area (Å²) in [6, 6.07) is 18.9. The third-order valence-electron chi connectivity index (χ3n) is 5.95. The van der Waals surface area contributed by atoms with Crippen molar-refractivity contribution < 1.29 is 19.4 Å². The smallest absolute Gasteiger partial charge is 0.300 e. The van der Waals surface area contributed by atoms with Crippen LogP contribution in [0.25, 0.3) is 5.76 Å². The number of hydrogen-bond acceptors (Lipinski definition) is 5. The fourth-order valence-corrected chi connectivity index (χ4v) is 4.44. The number of aryl methyl sites for hydroxylation is 1. The number of hydrogen-bond donors (Lipinski definition) is 1. The topological polar surface area (TPSA) is 70.1 Å². The van der Waals surface area contributed by atoms with E-state index in [0.717, 1.165) is 11.3 Å². The molecule has 1 aliphatic rings. The molecule has 1 aliphatic heterocycles. The number of amides is 1. The highest BCUT2D eigenvalue weighted by Gasteiger charge is 2.47. The van der Waals surface area contributed by atoms with Crippen molar-refractivity contribution in [2.75, 3.05) is 30.5 Å². The molecule has 1 heterocycles. The molecule has 6 nitrogen and oxygen atoms in total. The van der Waals surface area contributed by atoms with E-state index >= 15 is 0 Å². The number of rotatable bonds is 6. The van der Waals surface area contributed by atoms with Gasteiger partial charge in [0.25, 0.3) is 11.7 Å². The molecule has 180 valence electrons. The second-order valence-electron chi connectivity index (χ2n) is 8.57. The summed E-state index contributed by atoms with van der Waals surface area (Å²) in [7, 11) is 3.86. The van der Waals surface area contributed by atoms with Crippen LogP contribution in [0, 0.1) is 6.92 Å². The van der Waals surface area contributed by atoms with E-state index < -0.39 is 17.7 Å². The molecule has 0 aliphatic carbocycles. The number of nitrogens with zero attached hydrogens (tertiary/aromatic N) is 2. The van der Waals surface area contributed by atoms with E-state index in [4.69, 9.17) is 16.3 Å². The van der Waals surface area contributed by atoms with Gasteiger partial charge < -0.3 is 14.7 Å². The zero-order chi connectivity index (χ0) is 25.3. The molecule has 3 aromatic carbocycles. The second kappa shape index (κ2) is 9.84. The van der Waals surface area contributed by atoms with Gasteiger partial charge in [-0.2, -0.15) is 0 Å². The van der Waals surface area contributed by atoms with Crippen molar-refractivity contribution in [3.63, 3.8) is 0 Å². The molecule has 35 heavy (non-hydrogen) atoms. The number of carbonyl (C=O) groups excluding carboxylic acids is 2. The van der Waals surface area contributed by atoms with E-state index in [1.165, 1.54) is 4.90 Å². The molecule has 4 rings (SSSR count). The summed E-state index contributed by atoms with van der Waals surface area (Å²) < 4.78 is 5.55. The maximum absolute atomic E-state index is 13.4. The van der Waals surface area contributed by atoms with Crippen molar-refractivity contribution in [2.45, 2.75) is 19.9 Å². The number of benzene rings is 3. The lowest BCUT2D eigenvalue weighted by molar-refractivity contribution is -0.132. The highest BCUT2D eigenvalue weighted by molar-refractivity contribution is 6.52. The Bertz CT molecular complexity index is 1310. The maximum Gasteiger partial charge on any atom is 0.300 e. The first-order valence-corrected chi connectivity index (χ1v) is 11.7. The molecule has 1 amide bonds. The number of anilines is 2. The number of halogens is 1. The molecule has 1 fully saturated rings. The van der Waals surface area contributed by atoms with E-state index in [-0.39, 0.29) is 21.9 Å². The van der Waals surface area contributed by atoms with E-state index in [2.05, 4.69) is 0 Å². The molecule has 0 radical (unpaired) electrons. The van der Waals surface area contributed by atoms with E-state index in [1.54, 1.807) is 24.3 Å². The fourth-order valence-electron chi connectivity index (χ4n) is 4.23. The second-order valence-corrected chi connectivity index (χ2v) is 8.98. The van der Waals surface area contributed by atoms with Crippen molar-refractivity contribution in [2.24, 2.45) is 0 Å². The molecule has 1 N–H and O–H groups in total. The average molecular weight is 491 g/mol. The van der Waals surface area contributed by atoms with Gasteiger partial charge in [0, 0.05) is 31.0 Å². The van der Waals surface area contributed by atoms with Crippen LogP contribution in [0.15, 0.2) is 72.3 Å². The third-order valence-corrected chi connectivity index (χ3v) is 6.28. The summed E-state index contributed by atoms with van der Waals surface area (Å²) in [5.41, 5.74) is 3.38. The summed E-state index contributed by atoms with van der Waals surface area (Å²) in [5.74, 6) is -1.33. The normalized spacial score (nSPS) is 17.1. The Morgan fingerprint density at radius 1 is 1.06 bits per heavy atom. The van der Waals surface area contributed by atoms with Gasteiger partial charge in [0.1, 0.15) is 11.5 Å².